The second-order valence-corrected chi connectivity index (χ2v) is 7.07. The maximum atomic E-state index is 12.4. The normalized spacial score (nSPS) is 10.7. The minimum Gasteiger partial charge on any atom is -0.497 e. The molecular weight excluding hydrogens is 384 g/mol. The van der Waals surface area contributed by atoms with Crippen LogP contribution in [-0.4, -0.2) is 48.4 Å². The lowest BCUT2D eigenvalue weighted by Crippen LogP contribution is -2.34. The molecule has 30 heavy (non-hydrogen) atoms. The number of hydrogen-bond donors (Lipinski definition) is 1. The van der Waals surface area contributed by atoms with E-state index in [2.05, 4.69) is 15.5 Å². The number of anilines is 1. The van der Waals surface area contributed by atoms with Crippen LogP contribution in [0.5, 0.6) is 11.5 Å². The molecule has 0 spiro atoms. The molecule has 3 rings (SSSR count). The molecule has 1 heterocycles. The molecule has 8 nitrogen and oxygen atoms in total. The SMILES string of the molecule is COc1ccc(OCCN(C)C(=O)Nc2ccc(-c3nc(C(C)C)no3)cc2)cc1. The fraction of sp³-hybridized carbons (Fsp3) is 0.318. The van der Waals surface area contributed by atoms with E-state index in [1.165, 1.54) is 0 Å². The van der Waals surface area contributed by atoms with Crippen molar-refractivity contribution in [1.29, 1.82) is 0 Å². The predicted molar refractivity (Wildman–Crippen MR) is 114 cm³/mol. The molecule has 0 bridgehead atoms. The van der Waals surface area contributed by atoms with Gasteiger partial charge in [0.1, 0.15) is 18.1 Å². The molecule has 0 fully saturated rings. The van der Waals surface area contributed by atoms with Crippen molar-refractivity contribution < 1.29 is 18.8 Å². The monoisotopic (exact) mass is 410 g/mol. The first kappa shape index (κ1) is 21.2. The highest BCUT2D eigenvalue weighted by Gasteiger charge is 2.12. The van der Waals surface area contributed by atoms with Crippen LogP contribution >= 0.6 is 0 Å². The van der Waals surface area contributed by atoms with Gasteiger partial charge in [-0.2, -0.15) is 4.98 Å². The van der Waals surface area contributed by atoms with Gasteiger partial charge in [-0.05, 0) is 48.5 Å². The molecule has 0 radical (unpaired) electrons. The Hall–Kier alpha value is -3.55. The van der Waals surface area contributed by atoms with Gasteiger partial charge < -0.3 is 24.2 Å². The summed E-state index contributed by atoms with van der Waals surface area (Å²) in [4.78, 5) is 18.3. The quantitative estimate of drug-likeness (QED) is 0.592. The second-order valence-electron chi connectivity index (χ2n) is 7.07. The fourth-order valence-electron chi connectivity index (χ4n) is 2.58. The average molecular weight is 410 g/mol. The maximum absolute atomic E-state index is 12.4. The van der Waals surface area contributed by atoms with Crippen LogP contribution in [0.1, 0.15) is 25.6 Å². The van der Waals surface area contributed by atoms with Gasteiger partial charge in [-0.15, -0.1) is 0 Å². The molecule has 1 aromatic heterocycles. The number of urea groups is 1. The van der Waals surface area contributed by atoms with Crippen molar-refractivity contribution in [1.82, 2.24) is 15.0 Å². The van der Waals surface area contributed by atoms with Crippen molar-refractivity contribution >= 4 is 11.7 Å². The molecule has 0 aliphatic heterocycles. The molecule has 0 saturated carbocycles. The molecule has 158 valence electrons. The minimum absolute atomic E-state index is 0.199. The van der Waals surface area contributed by atoms with E-state index in [4.69, 9.17) is 14.0 Å². The number of nitrogens with zero attached hydrogens (tertiary/aromatic N) is 3. The molecule has 0 aliphatic rings. The van der Waals surface area contributed by atoms with Gasteiger partial charge in [0, 0.05) is 24.2 Å². The largest absolute Gasteiger partial charge is 0.497 e. The second kappa shape index (κ2) is 9.78. The number of benzene rings is 2. The Bertz CT molecular complexity index is 952. The number of carbonyl (C=O) groups is 1. The van der Waals surface area contributed by atoms with Crippen molar-refractivity contribution in [2.75, 3.05) is 32.6 Å². The van der Waals surface area contributed by atoms with Crippen LogP contribution in [0.25, 0.3) is 11.5 Å². The van der Waals surface area contributed by atoms with Gasteiger partial charge in [-0.3, -0.25) is 0 Å². The Labute approximate surface area is 175 Å². The van der Waals surface area contributed by atoms with Gasteiger partial charge >= 0.3 is 6.03 Å². The summed E-state index contributed by atoms with van der Waals surface area (Å²) in [7, 11) is 3.33. The summed E-state index contributed by atoms with van der Waals surface area (Å²) in [5.74, 6) is 2.82. The molecule has 0 atom stereocenters. The lowest BCUT2D eigenvalue weighted by molar-refractivity contribution is 0.207. The summed E-state index contributed by atoms with van der Waals surface area (Å²) < 4.78 is 16.1. The summed E-state index contributed by atoms with van der Waals surface area (Å²) >= 11 is 0. The van der Waals surface area contributed by atoms with Gasteiger partial charge in [0.2, 0.25) is 0 Å². The van der Waals surface area contributed by atoms with Gasteiger partial charge in [0.15, 0.2) is 5.82 Å². The topological polar surface area (TPSA) is 89.7 Å². The molecule has 2 amide bonds. The Morgan fingerprint density at radius 1 is 1.10 bits per heavy atom. The van der Waals surface area contributed by atoms with Crippen molar-refractivity contribution in [2.24, 2.45) is 0 Å². The number of rotatable bonds is 8. The number of aromatic nitrogens is 2. The lowest BCUT2D eigenvalue weighted by Gasteiger charge is -2.18. The third-order valence-electron chi connectivity index (χ3n) is 4.44. The molecule has 2 aromatic carbocycles. The number of likely N-dealkylation sites (N-methyl/N-ethyl adjacent to an activating group) is 1. The summed E-state index contributed by atoms with van der Waals surface area (Å²) in [5.41, 5.74) is 1.48. The van der Waals surface area contributed by atoms with Crippen LogP contribution < -0.4 is 14.8 Å². The smallest absolute Gasteiger partial charge is 0.321 e. The number of carbonyl (C=O) groups excluding carboxylic acids is 1. The van der Waals surface area contributed by atoms with E-state index in [-0.39, 0.29) is 11.9 Å². The summed E-state index contributed by atoms with van der Waals surface area (Å²) in [6.45, 7) is 4.83. The van der Waals surface area contributed by atoms with E-state index in [0.717, 1.165) is 17.1 Å². The summed E-state index contributed by atoms with van der Waals surface area (Å²) in [6, 6.07) is 14.4. The highest BCUT2D eigenvalue weighted by atomic mass is 16.5. The zero-order chi connectivity index (χ0) is 21.5. The highest BCUT2D eigenvalue weighted by molar-refractivity contribution is 5.89. The van der Waals surface area contributed by atoms with Crippen molar-refractivity contribution in [3.05, 3.63) is 54.4 Å². The van der Waals surface area contributed by atoms with E-state index in [1.54, 1.807) is 31.2 Å². The first-order valence-corrected chi connectivity index (χ1v) is 9.69. The van der Waals surface area contributed by atoms with Crippen molar-refractivity contribution in [3.8, 4) is 23.0 Å². The third kappa shape index (κ3) is 5.50. The van der Waals surface area contributed by atoms with Crippen LogP contribution in [0, 0.1) is 0 Å². The van der Waals surface area contributed by atoms with Crippen LogP contribution in [0.3, 0.4) is 0 Å². The van der Waals surface area contributed by atoms with Crippen LogP contribution in [0.15, 0.2) is 53.1 Å². The van der Waals surface area contributed by atoms with E-state index in [0.29, 0.717) is 30.6 Å². The van der Waals surface area contributed by atoms with E-state index in [1.807, 2.05) is 50.2 Å². The average Bonchev–Trinajstić information content (AvgIpc) is 3.25. The minimum atomic E-state index is -0.221. The predicted octanol–water partition coefficient (Wildman–Crippen LogP) is 4.41. The van der Waals surface area contributed by atoms with Crippen LogP contribution in [-0.2, 0) is 0 Å². The fourth-order valence-corrected chi connectivity index (χ4v) is 2.58. The van der Waals surface area contributed by atoms with Gasteiger partial charge in [-0.25, -0.2) is 4.79 Å². The number of methoxy groups -OCH3 is 1. The Balaban J connectivity index is 1.48. The molecule has 8 heteroatoms. The molecular formula is C22H26N4O4. The van der Waals surface area contributed by atoms with Crippen LogP contribution in [0.4, 0.5) is 10.5 Å². The molecule has 0 unspecified atom stereocenters. The molecule has 1 N–H and O–H groups in total. The van der Waals surface area contributed by atoms with Gasteiger partial charge in [0.05, 0.1) is 13.7 Å². The van der Waals surface area contributed by atoms with Crippen LogP contribution in [0.2, 0.25) is 0 Å². The first-order valence-electron chi connectivity index (χ1n) is 9.69. The zero-order valence-corrected chi connectivity index (χ0v) is 17.6. The van der Waals surface area contributed by atoms with E-state index in [9.17, 15) is 4.79 Å². The standard InChI is InChI=1S/C22H26N4O4/c1-15(2)20-24-21(30-25-20)16-5-7-17(8-6-16)23-22(27)26(3)13-14-29-19-11-9-18(28-4)10-12-19/h5-12,15H,13-14H2,1-4H3,(H,23,27). The van der Waals surface area contributed by atoms with Crippen molar-refractivity contribution in [2.45, 2.75) is 19.8 Å². The van der Waals surface area contributed by atoms with E-state index < -0.39 is 0 Å². The summed E-state index contributed by atoms with van der Waals surface area (Å²) in [5, 5.41) is 6.82. The Kier molecular flexibility index (Phi) is 6.90. The first-order chi connectivity index (χ1) is 14.5. The number of amides is 2. The van der Waals surface area contributed by atoms with Crippen molar-refractivity contribution in [3.63, 3.8) is 0 Å². The third-order valence-corrected chi connectivity index (χ3v) is 4.44. The Morgan fingerprint density at radius 3 is 2.37 bits per heavy atom. The summed E-state index contributed by atoms with van der Waals surface area (Å²) in [6.07, 6.45) is 0. The molecule has 0 saturated heterocycles. The van der Waals surface area contributed by atoms with E-state index >= 15 is 0 Å². The molecule has 3 aromatic rings. The molecule has 0 aliphatic carbocycles. The van der Waals surface area contributed by atoms with Gasteiger partial charge in [0.25, 0.3) is 5.89 Å². The zero-order valence-electron chi connectivity index (χ0n) is 17.6. The Morgan fingerprint density at radius 2 is 1.77 bits per heavy atom. The van der Waals surface area contributed by atoms with Gasteiger partial charge in [-0.1, -0.05) is 19.0 Å². The number of ether oxygens (including phenoxy) is 2. The lowest BCUT2D eigenvalue weighted by atomic mass is 10.2. The highest BCUT2D eigenvalue weighted by Crippen LogP contribution is 2.22. The number of hydrogen-bond acceptors (Lipinski definition) is 6. The maximum Gasteiger partial charge on any atom is 0.321 e. The number of nitrogens with one attached hydrogen (secondary N) is 1.